The summed E-state index contributed by atoms with van der Waals surface area (Å²) >= 11 is 0. The van der Waals surface area contributed by atoms with E-state index in [1.54, 1.807) is 0 Å². The van der Waals surface area contributed by atoms with Crippen LogP contribution in [0.5, 0.6) is 0 Å². The molecule has 0 atom stereocenters. The molecule has 0 aliphatic heterocycles. The third-order valence-electron chi connectivity index (χ3n) is 1.49. The predicted molar refractivity (Wildman–Crippen MR) is 62.9 cm³/mol. The Morgan fingerprint density at radius 1 is 1.16 bits per heavy atom. The summed E-state index contributed by atoms with van der Waals surface area (Å²) in [4.78, 5) is 0. The lowest BCUT2D eigenvalue weighted by molar-refractivity contribution is -0.0434. The van der Waals surface area contributed by atoms with Gasteiger partial charge in [-0.25, -0.2) is 0 Å². The van der Waals surface area contributed by atoms with E-state index in [0.29, 0.717) is 0 Å². The Kier molecular flexibility index (Phi) is 6.42. The van der Waals surface area contributed by atoms with Crippen LogP contribution in [0.3, 0.4) is 0 Å². The first-order chi connectivity index (χ1) is 8.60. The van der Waals surface area contributed by atoms with Crippen molar-refractivity contribution in [2.24, 2.45) is 3.77 Å². The summed E-state index contributed by atoms with van der Waals surface area (Å²) < 4.78 is 73.5. The van der Waals surface area contributed by atoms with Crippen LogP contribution >= 0.6 is 0 Å². The van der Waals surface area contributed by atoms with E-state index in [0.717, 1.165) is 0 Å². The highest BCUT2D eigenvalue weighted by Crippen LogP contribution is 2.24. The summed E-state index contributed by atoms with van der Waals surface area (Å²) in [6.45, 7) is 3.63. The van der Waals surface area contributed by atoms with Gasteiger partial charge in [-0.3, -0.25) is 0 Å². The van der Waals surface area contributed by atoms with Crippen molar-refractivity contribution < 1.29 is 30.0 Å². The Bertz CT molecular complexity index is 640. The highest BCUT2D eigenvalue weighted by atomic mass is 32.3. The molecule has 1 rings (SSSR count). The first-order valence-electron chi connectivity index (χ1n) is 4.41. The normalized spacial score (nSPS) is 10.9. The molecule has 0 saturated heterocycles. The number of rotatable bonds is 2. The molecular weight excluding hydrogens is 307 g/mol. The van der Waals surface area contributed by atoms with E-state index < -0.39 is 26.0 Å². The molecule has 0 radical (unpaired) electrons. The molecule has 10 heteroatoms. The Labute approximate surface area is 109 Å². The molecule has 0 amide bonds. The number of halogens is 3. The van der Waals surface area contributed by atoms with Crippen molar-refractivity contribution in [3.63, 3.8) is 0 Å². The van der Waals surface area contributed by atoms with Crippen molar-refractivity contribution in [3.05, 3.63) is 42.5 Å². The van der Waals surface area contributed by atoms with Crippen molar-refractivity contribution in [1.82, 2.24) is 0 Å². The average Bonchev–Trinajstić information content (AvgIpc) is 2.28. The summed E-state index contributed by atoms with van der Waals surface area (Å²) in [7, 11) is -9.50. The first kappa shape index (κ1) is 17.3. The topological polar surface area (TPSA) is 80.6 Å². The second-order valence-corrected chi connectivity index (χ2v) is 5.27. The molecule has 0 bridgehead atoms. The average molecular weight is 315 g/mol. The molecule has 0 unspecified atom stereocenters. The van der Waals surface area contributed by atoms with Gasteiger partial charge in [-0.05, 0) is 9.33 Å². The zero-order chi connectivity index (χ0) is 15.1. The lowest BCUT2D eigenvalue weighted by Gasteiger charge is -1.98. The van der Waals surface area contributed by atoms with Crippen LogP contribution in [0.1, 0.15) is 5.56 Å². The van der Waals surface area contributed by atoms with Crippen molar-refractivity contribution in [3.8, 4) is 0 Å². The summed E-state index contributed by atoms with van der Waals surface area (Å²) in [6.07, 6.45) is 1.83. The number of benzene rings is 1. The fraction of sp³-hybridized carbons (Fsp3) is 0.111. The highest BCUT2D eigenvalue weighted by Gasteiger charge is 2.46. The van der Waals surface area contributed by atoms with Gasteiger partial charge in [-0.2, -0.15) is 30.0 Å². The number of hydrogen-bond donors (Lipinski definition) is 0. The van der Waals surface area contributed by atoms with Gasteiger partial charge in [0.25, 0.3) is 0 Å². The molecular formula is C9H8F3NO4S2. The molecule has 5 nitrogen and oxygen atoms in total. The lowest BCUT2D eigenvalue weighted by atomic mass is 10.2. The smallest absolute Gasteiger partial charge is 0.194 e. The van der Waals surface area contributed by atoms with Crippen LogP contribution in [-0.4, -0.2) is 22.3 Å². The van der Waals surface area contributed by atoms with E-state index >= 15 is 0 Å². The number of alkyl halides is 3. The van der Waals surface area contributed by atoms with Gasteiger partial charge >= 0.3 is 26.0 Å². The maximum atomic E-state index is 11.2. The first-order valence-corrected chi connectivity index (χ1v) is 6.88. The Balaban J connectivity index is 0.000000356. The van der Waals surface area contributed by atoms with Crippen LogP contribution < -0.4 is 0 Å². The van der Waals surface area contributed by atoms with Gasteiger partial charge in [0.1, 0.15) is 0 Å². The highest BCUT2D eigenvalue weighted by molar-refractivity contribution is 7.94. The van der Waals surface area contributed by atoms with Crippen LogP contribution in [-0.2, 0) is 20.5 Å². The summed E-state index contributed by atoms with van der Waals surface area (Å²) in [5.74, 6) is 0. The van der Waals surface area contributed by atoms with E-state index in [1.165, 1.54) is 9.33 Å². The maximum absolute atomic E-state index is 11.2. The van der Waals surface area contributed by atoms with E-state index in [2.05, 4.69) is 6.58 Å². The van der Waals surface area contributed by atoms with Gasteiger partial charge in [-0.15, -0.1) is 0 Å². The molecule has 106 valence electrons. The fourth-order valence-corrected chi connectivity index (χ4v) is 1.69. The second-order valence-electron chi connectivity index (χ2n) is 2.83. The van der Waals surface area contributed by atoms with Gasteiger partial charge in [0.15, 0.2) is 0 Å². The van der Waals surface area contributed by atoms with E-state index in [9.17, 15) is 30.0 Å². The SMILES string of the molecule is C=Cc1ccccc1.O=S(=O)=NS(=O)(=O)C(F)(F)F. The maximum Gasteiger partial charge on any atom is 0.519 e. The summed E-state index contributed by atoms with van der Waals surface area (Å²) in [5.41, 5.74) is -4.49. The van der Waals surface area contributed by atoms with Gasteiger partial charge in [0.2, 0.25) is 0 Å². The van der Waals surface area contributed by atoms with Crippen LogP contribution in [0.25, 0.3) is 6.08 Å². The molecule has 0 spiro atoms. The monoisotopic (exact) mass is 315 g/mol. The molecule has 0 aromatic heterocycles. The minimum Gasteiger partial charge on any atom is -0.194 e. The largest absolute Gasteiger partial charge is 0.519 e. The minimum absolute atomic E-state index is 1.17. The molecule has 0 aliphatic rings. The standard InChI is InChI=1S/C8H8.CF3NO4S2/c1-2-8-6-4-3-5-7-8;2-1(3,4)11(8,9)5-10(6)7/h2-7H,1H2;. The van der Waals surface area contributed by atoms with Crippen LogP contribution in [0.4, 0.5) is 13.2 Å². The minimum atomic E-state index is -5.88. The number of hydrogen-bond acceptors (Lipinski definition) is 4. The van der Waals surface area contributed by atoms with Gasteiger partial charge in [0.05, 0.1) is 0 Å². The molecule has 0 saturated carbocycles. The molecule has 0 aliphatic carbocycles. The second kappa shape index (κ2) is 7.04. The summed E-state index contributed by atoms with van der Waals surface area (Å²) in [5, 5.41) is 0. The van der Waals surface area contributed by atoms with Crippen LogP contribution in [0, 0.1) is 0 Å². The van der Waals surface area contributed by atoms with Gasteiger partial charge < -0.3 is 0 Å². The Morgan fingerprint density at radius 2 is 1.63 bits per heavy atom. The zero-order valence-electron chi connectivity index (χ0n) is 9.20. The van der Waals surface area contributed by atoms with Crippen LogP contribution in [0.2, 0.25) is 0 Å². The molecule has 0 N–H and O–H groups in total. The Morgan fingerprint density at radius 3 is 1.84 bits per heavy atom. The number of nitrogens with zero attached hydrogens (tertiary/aromatic N) is 1. The molecule has 1 aromatic carbocycles. The van der Waals surface area contributed by atoms with Crippen molar-refractivity contribution in [2.45, 2.75) is 5.51 Å². The van der Waals surface area contributed by atoms with Crippen molar-refractivity contribution in [2.75, 3.05) is 0 Å². The van der Waals surface area contributed by atoms with Crippen molar-refractivity contribution >= 4 is 26.6 Å². The quantitative estimate of drug-likeness (QED) is 0.838. The van der Waals surface area contributed by atoms with Crippen molar-refractivity contribution in [1.29, 1.82) is 0 Å². The Hall–Kier alpha value is -1.68. The van der Waals surface area contributed by atoms with E-state index in [4.69, 9.17) is 0 Å². The fourth-order valence-electron chi connectivity index (χ4n) is 0.711. The number of sulfonamides is 1. The lowest BCUT2D eigenvalue weighted by Crippen LogP contribution is -2.20. The van der Waals surface area contributed by atoms with E-state index in [-0.39, 0.29) is 0 Å². The molecule has 0 fully saturated rings. The van der Waals surface area contributed by atoms with Crippen LogP contribution in [0.15, 0.2) is 40.7 Å². The molecule has 0 heterocycles. The molecule has 19 heavy (non-hydrogen) atoms. The third-order valence-corrected chi connectivity index (χ3v) is 3.34. The van der Waals surface area contributed by atoms with Gasteiger partial charge in [0, 0.05) is 0 Å². The predicted octanol–water partition coefficient (Wildman–Crippen LogP) is 2.23. The van der Waals surface area contributed by atoms with E-state index in [1.807, 2.05) is 36.4 Å². The summed E-state index contributed by atoms with van der Waals surface area (Å²) in [6, 6.07) is 10.0. The van der Waals surface area contributed by atoms with Gasteiger partial charge in [-0.1, -0.05) is 43.0 Å². The third kappa shape index (κ3) is 6.72. The zero-order valence-corrected chi connectivity index (χ0v) is 10.8. The molecule has 1 aromatic rings.